The van der Waals surface area contributed by atoms with E-state index in [1.165, 1.54) is 0 Å². The van der Waals surface area contributed by atoms with Crippen LogP contribution in [-0.2, 0) is 37.9 Å². The standard InChI is InChI=1S/C34H34N4O4.C3H6O2.Fe/c1-7-21-17(3)25-13-26-19(5)23(9-11-33(39)40)31(37-26)16-32-24(10-12-34(41)42)20(6)28(38-32)15-30-22(8-2)18(4)27(36-30)14-29(21)35-25;1-2-3(4)5;/h7-8,13-16H,1-2,9-12H2,3-6H3,(H4,35,36,37,38,39,40,41,42);2H2,1H3,(H,4,5);/q;;+2/p-2. The van der Waals surface area contributed by atoms with E-state index in [9.17, 15) is 24.6 Å². The molecule has 0 saturated heterocycles. The fraction of sp³-hybridized carbons (Fsp3) is 0.270. The summed E-state index contributed by atoms with van der Waals surface area (Å²) in [6.45, 7) is 17.5. The van der Waals surface area contributed by atoms with Crippen LogP contribution in [0.25, 0.3) is 50.4 Å². The van der Waals surface area contributed by atoms with Gasteiger partial charge in [-0.25, -0.2) is 9.97 Å². The number of carbonyl (C=O) groups is 3. The van der Waals surface area contributed by atoms with E-state index in [0.29, 0.717) is 40.8 Å². The molecule has 3 N–H and O–H groups in total. The summed E-state index contributed by atoms with van der Waals surface area (Å²) in [7, 11) is 0. The summed E-state index contributed by atoms with van der Waals surface area (Å²) in [5.74, 6) is -2.54. The van der Waals surface area contributed by atoms with E-state index in [1.807, 2.05) is 52.0 Å². The predicted octanol–water partition coefficient (Wildman–Crippen LogP) is 7.24. The predicted molar refractivity (Wildman–Crippen MR) is 184 cm³/mol. The second-order valence-electron chi connectivity index (χ2n) is 11.3. The van der Waals surface area contributed by atoms with E-state index in [1.54, 1.807) is 19.1 Å². The van der Waals surface area contributed by atoms with Gasteiger partial charge >= 0.3 is 35.0 Å². The summed E-state index contributed by atoms with van der Waals surface area (Å²) in [6.07, 6.45) is 4.28. The van der Waals surface area contributed by atoms with Gasteiger partial charge in [-0.05, 0) is 62.8 Å². The summed E-state index contributed by atoms with van der Waals surface area (Å²) in [5.41, 5.74) is 12.6. The smallest absolute Gasteiger partial charge is 0.657 e. The van der Waals surface area contributed by atoms with Crippen molar-refractivity contribution in [2.45, 2.75) is 66.7 Å². The number of fused-ring (bicyclic) bond motifs is 8. The van der Waals surface area contributed by atoms with Crippen LogP contribution >= 0.6 is 0 Å². The second kappa shape index (κ2) is 15.7. The minimum absolute atomic E-state index is 0. The maximum atomic E-state index is 11.5. The molecule has 0 aromatic carbocycles. The number of aliphatic carboxylic acids is 3. The van der Waals surface area contributed by atoms with Gasteiger partial charge in [0.15, 0.2) is 0 Å². The minimum atomic E-state index is -0.898. The third-order valence-electron chi connectivity index (χ3n) is 8.37. The van der Waals surface area contributed by atoms with Gasteiger partial charge < -0.3 is 25.3 Å². The number of allylic oxidation sites excluding steroid dienone is 5. The van der Waals surface area contributed by atoms with Crippen LogP contribution in [-0.4, -0.2) is 43.2 Å². The van der Waals surface area contributed by atoms with Crippen LogP contribution in [0.4, 0.5) is 0 Å². The fourth-order valence-corrected chi connectivity index (χ4v) is 5.61. The molecule has 0 atom stereocenters. The van der Waals surface area contributed by atoms with Gasteiger partial charge in [-0.15, -0.1) is 22.1 Å². The van der Waals surface area contributed by atoms with E-state index in [0.717, 1.165) is 61.5 Å². The number of aromatic nitrogens is 4. The van der Waals surface area contributed by atoms with Crippen molar-refractivity contribution < 1.29 is 46.8 Å². The Kier molecular flexibility index (Phi) is 12.3. The minimum Gasteiger partial charge on any atom is -0.657 e. The topological polar surface area (TPSA) is 166 Å². The first-order chi connectivity index (χ1) is 22.3. The SMILES string of the molecule is C=CC1=C(C)c2cc3[n-]c(cc4nc(cc5[n-]c(cc1n2)c(C)c5C=C)C(C)=C4CCC(=O)O)c(CCC(=O)O)c3C.CCC(=O)O.[Fe+2]. The Labute approximate surface area is 289 Å². The average molecular weight is 691 g/mol. The van der Waals surface area contributed by atoms with Gasteiger partial charge in [0.2, 0.25) is 0 Å². The molecule has 48 heavy (non-hydrogen) atoms. The maximum absolute atomic E-state index is 11.5. The van der Waals surface area contributed by atoms with Crippen LogP contribution in [0.1, 0.15) is 91.5 Å². The van der Waals surface area contributed by atoms with Gasteiger partial charge in [0.05, 0.1) is 22.8 Å². The first-order valence-corrected chi connectivity index (χ1v) is 15.3. The van der Waals surface area contributed by atoms with Crippen LogP contribution in [0, 0.1) is 13.8 Å². The van der Waals surface area contributed by atoms with Crippen LogP contribution in [0.5, 0.6) is 0 Å². The normalized spacial score (nSPS) is 12.2. The number of nitrogens with zero attached hydrogens (tertiary/aromatic N) is 4. The number of hydrogen-bond acceptors (Lipinski definition) is 5. The molecule has 11 heteroatoms. The molecule has 0 amide bonds. The van der Waals surface area contributed by atoms with Gasteiger partial charge in [0, 0.05) is 24.8 Å². The van der Waals surface area contributed by atoms with Crippen LogP contribution < -0.4 is 9.97 Å². The Bertz CT molecular complexity index is 2050. The van der Waals surface area contributed by atoms with Gasteiger partial charge in [-0.2, -0.15) is 0 Å². The molecule has 0 unspecified atom stereocenters. The zero-order valence-corrected chi connectivity index (χ0v) is 28.7. The van der Waals surface area contributed by atoms with Crippen molar-refractivity contribution in [3.8, 4) is 0 Å². The molecule has 3 aromatic heterocycles. The molecule has 2 aliphatic heterocycles. The molecular formula is C37H38FeN4O6. The van der Waals surface area contributed by atoms with Crippen molar-refractivity contribution in [2.75, 3.05) is 0 Å². The molecule has 5 heterocycles. The summed E-state index contributed by atoms with van der Waals surface area (Å²) in [6, 6.07) is 7.62. The largest absolute Gasteiger partial charge is 2.00 e. The molecule has 0 radical (unpaired) electrons. The fourth-order valence-electron chi connectivity index (χ4n) is 5.61. The molecule has 0 spiro atoms. The van der Waals surface area contributed by atoms with Crippen LogP contribution in [0.3, 0.4) is 0 Å². The average Bonchev–Trinajstić information content (AvgIpc) is 3.68. The quantitative estimate of drug-likeness (QED) is 0.195. The van der Waals surface area contributed by atoms with Crippen LogP contribution in [0.2, 0.25) is 0 Å². The zero-order chi connectivity index (χ0) is 34.6. The number of hydrogen-bond donors (Lipinski definition) is 3. The van der Waals surface area contributed by atoms with Crippen molar-refractivity contribution in [3.05, 3.63) is 88.5 Å². The first kappa shape index (κ1) is 37.5. The zero-order valence-electron chi connectivity index (χ0n) is 27.6. The summed E-state index contributed by atoms with van der Waals surface area (Å²) in [4.78, 5) is 52.1. The molecule has 5 rings (SSSR count). The number of carboxylic acids is 3. The summed E-state index contributed by atoms with van der Waals surface area (Å²) < 4.78 is 0. The molecule has 250 valence electrons. The molecule has 10 nitrogen and oxygen atoms in total. The van der Waals surface area contributed by atoms with E-state index in [-0.39, 0.29) is 36.3 Å². The van der Waals surface area contributed by atoms with Gasteiger partial charge in [-0.3, -0.25) is 14.4 Å². The van der Waals surface area contributed by atoms with E-state index >= 15 is 0 Å². The Hall–Kier alpha value is -4.99. The summed E-state index contributed by atoms with van der Waals surface area (Å²) >= 11 is 0. The maximum Gasteiger partial charge on any atom is 2.00 e. The number of carboxylic acid groups (broad SMARTS) is 3. The van der Waals surface area contributed by atoms with Crippen LogP contribution in [0.15, 0.2) is 43.5 Å². The van der Waals surface area contributed by atoms with Crippen molar-refractivity contribution >= 4 is 68.3 Å². The van der Waals surface area contributed by atoms with Crippen molar-refractivity contribution in [3.63, 3.8) is 0 Å². The van der Waals surface area contributed by atoms with Crippen molar-refractivity contribution in [1.82, 2.24) is 19.9 Å². The van der Waals surface area contributed by atoms with E-state index in [2.05, 4.69) is 13.2 Å². The van der Waals surface area contributed by atoms with Crippen molar-refractivity contribution in [2.24, 2.45) is 0 Å². The van der Waals surface area contributed by atoms with E-state index in [4.69, 9.17) is 25.0 Å². The number of aryl methyl sites for hydroxylation is 3. The Balaban J connectivity index is 0.000000970. The van der Waals surface area contributed by atoms with Gasteiger partial charge in [-0.1, -0.05) is 73.2 Å². The number of rotatable bonds is 9. The van der Waals surface area contributed by atoms with Gasteiger partial charge in [0.25, 0.3) is 0 Å². The monoisotopic (exact) mass is 690 g/mol. The molecule has 8 bridgehead atoms. The molecule has 2 aliphatic rings. The van der Waals surface area contributed by atoms with Crippen molar-refractivity contribution in [1.29, 1.82) is 0 Å². The Morgan fingerprint density at radius 3 is 1.77 bits per heavy atom. The molecule has 0 saturated carbocycles. The Morgan fingerprint density at radius 1 is 0.688 bits per heavy atom. The summed E-state index contributed by atoms with van der Waals surface area (Å²) in [5, 5.41) is 26.6. The molecule has 0 aliphatic carbocycles. The second-order valence-corrected chi connectivity index (χ2v) is 11.3. The van der Waals surface area contributed by atoms with E-state index < -0.39 is 17.9 Å². The Morgan fingerprint density at radius 2 is 1.19 bits per heavy atom. The third-order valence-corrected chi connectivity index (χ3v) is 8.37. The molecular weight excluding hydrogens is 652 g/mol. The molecule has 0 fully saturated rings. The van der Waals surface area contributed by atoms with Gasteiger partial charge in [0.1, 0.15) is 0 Å². The molecule has 3 aromatic rings. The third kappa shape index (κ3) is 7.93. The first-order valence-electron chi connectivity index (χ1n) is 15.3.